The molecule has 0 aliphatic carbocycles. The van der Waals surface area contributed by atoms with Crippen molar-refractivity contribution in [2.75, 3.05) is 0 Å². The van der Waals surface area contributed by atoms with Gasteiger partial charge in [0.15, 0.2) is 0 Å². The molecule has 3 aromatic carbocycles. The topological polar surface area (TPSA) is 85.1 Å². The summed E-state index contributed by atoms with van der Waals surface area (Å²) in [5.41, 5.74) is 3.86. The van der Waals surface area contributed by atoms with Crippen molar-refractivity contribution >= 4 is 31.8 Å². The second-order valence-corrected chi connectivity index (χ2v) is 10.9. The Labute approximate surface area is 220 Å². The summed E-state index contributed by atoms with van der Waals surface area (Å²) in [5, 5.41) is 13.6. The second-order valence-electron chi connectivity index (χ2n) is 9.10. The van der Waals surface area contributed by atoms with Crippen molar-refractivity contribution in [2.24, 2.45) is 0 Å². The molecule has 1 unspecified atom stereocenters. The molecule has 1 N–H and O–H groups in total. The number of pyridine rings is 2. The van der Waals surface area contributed by atoms with Crippen LogP contribution in [0.5, 0.6) is 0 Å². The minimum absolute atomic E-state index is 0.157. The van der Waals surface area contributed by atoms with Crippen LogP contribution in [0.25, 0.3) is 21.8 Å². The van der Waals surface area contributed by atoms with Crippen LogP contribution in [0.2, 0.25) is 0 Å². The summed E-state index contributed by atoms with van der Waals surface area (Å²) in [6, 6.07) is 30.8. The maximum Gasteiger partial charge on any atom is 0.268 e. The standard InChI is InChI=1S/C31H25N3O3S/c35-31(27-19-21-33-28-15-6-4-13-24(27)28)30-26(18-17-22-10-8-9-20-32-22)25-14-5-7-16-29(25)34(30)38(36,37)23-11-2-1-3-12-23/h1-16,19-21,31,35H,17-18H2. The predicted molar refractivity (Wildman–Crippen MR) is 148 cm³/mol. The number of hydrogen-bond acceptors (Lipinski definition) is 5. The van der Waals surface area contributed by atoms with Gasteiger partial charge in [-0.3, -0.25) is 9.97 Å². The molecular formula is C31H25N3O3S. The highest BCUT2D eigenvalue weighted by Crippen LogP contribution is 2.38. The van der Waals surface area contributed by atoms with E-state index in [4.69, 9.17) is 0 Å². The van der Waals surface area contributed by atoms with E-state index in [2.05, 4.69) is 9.97 Å². The van der Waals surface area contributed by atoms with Gasteiger partial charge in [0.1, 0.15) is 6.10 Å². The molecule has 6 nitrogen and oxygen atoms in total. The minimum atomic E-state index is -4.04. The van der Waals surface area contributed by atoms with Gasteiger partial charge in [-0.05, 0) is 66.4 Å². The van der Waals surface area contributed by atoms with Gasteiger partial charge in [0.05, 0.1) is 21.6 Å². The number of benzene rings is 3. The first-order chi connectivity index (χ1) is 18.6. The average Bonchev–Trinajstić information content (AvgIpc) is 3.31. The van der Waals surface area contributed by atoms with Crippen LogP contribution in [0.1, 0.15) is 28.6 Å². The Kier molecular flexibility index (Phi) is 6.23. The Morgan fingerprint density at radius 2 is 1.42 bits per heavy atom. The van der Waals surface area contributed by atoms with Crippen LogP contribution in [-0.4, -0.2) is 27.5 Å². The average molecular weight is 520 g/mol. The zero-order chi connectivity index (χ0) is 26.1. The van der Waals surface area contributed by atoms with Crippen molar-refractivity contribution in [1.29, 1.82) is 0 Å². The maximum atomic E-state index is 14.2. The SMILES string of the molecule is O=S(=O)(c1ccccc1)n1c(C(O)c2ccnc3ccccc23)c(CCc2ccccn2)c2ccccc21. The van der Waals surface area contributed by atoms with Gasteiger partial charge in [0.2, 0.25) is 0 Å². The molecule has 3 aromatic heterocycles. The van der Waals surface area contributed by atoms with Crippen molar-refractivity contribution < 1.29 is 13.5 Å². The first-order valence-electron chi connectivity index (χ1n) is 12.4. The fraction of sp³-hybridized carbons (Fsp3) is 0.0968. The third-order valence-electron chi connectivity index (χ3n) is 6.85. The highest BCUT2D eigenvalue weighted by molar-refractivity contribution is 7.90. The number of rotatable bonds is 7. The van der Waals surface area contributed by atoms with E-state index < -0.39 is 16.1 Å². The highest BCUT2D eigenvalue weighted by atomic mass is 32.2. The molecule has 0 saturated heterocycles. The first-order valence-corrected chi connectivity index (χ1v) is 13.8. The Bertz CT molecular complexity index is 1840. The molecule has 3 heterocycles. The van der Waals surface area contributed by atoms with Crippen LogP contribution in [0.3, 0.4) is 0 Å². The summed E-state index contributed by atoms with van der Waals surface area (Å²) in [4.78, 5) is 9.05. The molecule has 0 bridgehead atoms. The van der Waals surface area contributed by atoms with E-state index in [9.17, 15) is 13.5 Å². The van der Waals surface area contributed by atoms with Crippen molar-refractivity contribution in [2.45, 2.75) is 23.8 Å². The van der Waals surface area contributed by atoms with Gasteiger partial charge >= 0.3 is 0 Å². The van der Waals surface area contributed by atoms with Gasteiger partial charge in [-0.25, -0.2) is 12.4 Å². The smallest absolute Gasteiger partial charge is 0.268 e. The van der Waals surface area contributed by atoms with E-state index in [1.807, 2.05) is 60.7 Å². The Balaban J connectivity index is 1.63. The summed E-state index contributed by atoms with van der Waals surface area (Å²) in [7, 11) is -4.04. The van der Waals surface area contributed by atoms with E-state index in [0.29, 0.717) is 29.6 Å². The van der Waals surface area contributed by atoms with Crippen LogP contribution < -0.4 is 0 Å². The molecule has 188 valence electrons. The number of fused-ring (bicyclic) bond motifs is 2. The first kappa shape index (κ1) is 24.0. The second kappa shape index (κ2) is 9.85. The van der Waals surface area contributed by atoms with Crippen LogP contribution in [0, 0.1) is 0 Å². The largest absolute Gasteiger partial charge is 0.382 e. The molecule has 1 atom stereocenters. The molecular weight excluding hydrogens is 494 g/mol. The lowest BCUT2D eigenvalue weighted by atomic mass is 9.96. The van der Waals surface area contributed by atoms with Crippen molar-refractivity contribution in [1.82, 2.24) is 13.9 Å². The predicted octanol–water partition coefficient (Wildman–Crippen LogP) is 5.69. The zero-order valence-corrected chi connectivity index (χ0v) is 21.3. The molecule has 0 fully saturated rings. The Hall–Kier alpha value is -4.33. The molecule has 0 spiro atoms. The normalized spacial score (nSPS) is 12.7. The summed E-state index contributed by atoms with van der Waals surface area (Å²) >= 11 is 0. The Morgan fingerprint density at radius 3 is 2.21 bits per heavy atom. The third kappa shape index (κ3) is 4.16. The van der Waals surface area contributed by atoms with Crippen LogP contribution in [0.15, 0.2) is 120 Å². The lowest BCUT2D eigenvalue weighted by molar-refractivity contribution is 0.215. The van der Waals surface area contributed by atoms with E-state index >= 15 is 0 Å². The molecule has 6 rings (SSSR count). The van der Waals surface area contributed by atoms with E-state index in [1.165, 1.54) is 3.97 Å². The van der Waals surface area contributed by atoms with Gasteiger partial charge in [0.25, 0.3) is 10.0 Å². The van der Waals surface area contributed by atoms with E-state index in [0.717, 1.165) is 27.5 Å². The van der Waals surface area contributed by atoms with Crippen molar-refractivity contribution in [3.8, 4) is 0 Å². The summed E-state index contributed by atoms with van der Waals surface area (Å²) in [5.74, 6) is 0. The lowest BCUT2D eigenvalue weighted by Gasteiger charge is -2.19. The zero-order valence-electron chi connectivity index (χ0n) is 20.5. The highest BCUT2D eigenvalue weighted by Gasteiger charge is 2.31. The summed E-state index contributed by atoms with van der Waals surface area (Å²) < 4.78 is 29.7. The molecule has 0 aliphatic rings. The summed E-state index contributed by atoms with van der Waals surface area (Å²) in [6.45, 7) is 0. The van der Waals surface area contributed by atoms with Crippen molar-refractivity contribution in [3.05, 3.63) is 138 Å². The fourth-order valence-corrected chi connectivity index (χ4v) is 6.69. The number of para-hydroxylation sites is 2. The van der Waals surface area contributed by atoms with Gasteiger partial charge in [0, 0.05) is 28.9 Å². The van der Waals surface area contributed by atoms with Gasteiger partial charge in [-0.1, -0.05) is 60.7 Å². The molecule has 0 saturated carbocycles. The maximum absolute atomic E-state index is 14.2. The molecule has 38 heavy (non-hydrogen) atoms. The van der Waals surface area contributed by atoms with Gasteiger partial charge in [-0.15, -0.1) is 0 Å². The van der Waals surface area contributed by atoms with Gasteiger partial charge < -0.3 is 5.11 Å². The van der Waals surface area contributed by atoms with E-state index in [1.54, 1.807) is 54.9 Å². The fourth-order valence-electron chi connectivity index (χ4n) is 5.09. The quantitative estimate of drug-likeness (QED) is 0.293. The molecule has 0 radical (unpaired) electrons. The number of aliphatic hydroxyl groups excluding tert-OH is 1. The Morgan fingerprint density at radius 1 is 0.711 bits per heavy atom. The monoisotopic (exact) mass is 519 g/mol. The summed E-state index contributed by atoms with van der Waals surface area (Å²) in [6.07, 6.45) is 3.28. The van der Waals surface area contributed by atoms with Crippen molar-refractivity contribution in [3.63, 3.8) is 0 Å². The molecule has 0 aliphatic heterocycles. The molecule has 7 heteroatoms. The van der Waals surface area contributed by atoms with Crippen LogP contribution in [0.4, 0.5) is 0 Å². The van der Waals surface area contributed by atoms with Crippen LogP contribution >= 0.6 is 0 Å². The number of hydrogen-bond donors (Lipinski definition) is 1. The minimum Gasteiger partial charge on any atom is -0.382 e. The number of aryl methyl sites for hydroxylation is 2. The molecule has 0 amide bonds. The number of nitrogens with zero attached hydrogens (tertiary/aromatic N) is 3. The number of aliphatic hydroxyl groups is 1. The lowest BCUT2D eigenvalue weighted by Crippen LogP contribution is -2.19. The van der Waals surface area contributed by atoms with E-state index in [-0.39, 0.29) is 4.90 Å². The van der Waals surface area contributed by atoms with Gasteiger partial charge in [-0.2, -0.15) is 0 Å². The molecule has 6 aromatic rings. The number of aromatic nitrogens is 3. The third-order valence-corrected chi connectivity index (χ3v) is 8.59. The van der Waals surface area contributed by atoms with Crippen LogP contribution in [-0.2, 0) is 22.9 Å².